The van der Waals surface area contributed by atoms with E-state index in [1.165, 1.54) is 0 Å². The summed E-state index contributed by atoms with van der Waals surface area (Å²) in [5, 5.41) is 0.599. The van der Waals surface area contributed by atoms with E-state index < -0.39 is 0 Å². The van der Waals surface area contributed by atoms with Crippen molar-refractivity contribution in [2.75, 3.05) is 57.8 Å². The van der Waals surface area contributed by atoms with E-state index in [4.69, 9.17) is 11.6 Å². The summed E-state index contributed by atoms with van der Waals surface area (Å²) in [7, 11) is 2.05. The Bertz CT molecular complexity index is 601. The zero-order chi connectivity index (χ0) is 16.4. The Hall–Kier alpha value is -1.79. The number of rotatable bonds is 3. The van der Waals surface area contributed by atoms with Gasteiger partial charge in [-0.15, -0.1) is 0 Å². The van der Waals surface area contributed by atoms with Gasteiger partial charge in [-0.1, -0.05) is 17.7 Å². The summed E-state index contributed by atoms with van der Waals surface area (Å²) in [4.78, 5) is 32.2. The Balaban J connectivity index is 1.60. The van der Waals surface area contributed by atoms with E-state index in [-0.39, 0.29) is 18.5 Å². The molecule has 0 aromatic heterocycles. The van der Waals surface area contributed by atoms with E-state index in [1.807, 2.05) is 17.0 Å². The number of carbonyl (C=O) groups is 2. The number of nitrogens with zero attached hydrogens (tertiary/aromatic N) is 4. The van der Waals surface area contributed by atoms with Crippen molar-refractivity contribution < 1.29 is 9.59 Å². The van der Waals surface area contributed by atoms with Gasteiger partial charge in [-0.2, -0.15) is 0 Å². The lowest BCUT2D eigenvalue weighted by atomic mass is 10.3. The van der Waals surface area contributed by atoms with Crippen LogP contribution in [0.1, 0.15) is 0 Å². The van der Waals surface area contributed by atoms with Gasteiger partial charge in [-0.05, 0) is 25.2 Å². The minimum absolute atomic E-state index is 0.0272. The zero-order valence-corrected chi connectivity index (χ0v) is 14.0. The van der Waals surface area contributed by atoms with Crippen LogP contribution in [0.15, 0.2) is 24.3 Å². The van der Waals surface area contributed by atoms with E-state index in [0.717, 1.165) is 31.9 Å². The Morgan fingerprint density at radius 1 is 1.13 bits per heavy atom. The van der Waals surface area contributed by atoms with E-state index in [9.17, 15) is 9.59 Å². The average molecular weight is 337 g/mol. The van der Waals surface area contributed by atoms with Crippen LogP contribution in [-0.4, -0.2) is 79.5 Å². The van der Waals surface area contributed by atoms with Gasteiger partial charge in [-0.3, -0.25) is 9.69 Å². The molecule has 0 aliphatic carbocycles. The normalized spacial score (nSPS) is 19.6. The molecule has 6 nitrogen and oxygen atoms in total. The van der Waals surface area contributed by atoms with Gasteiger partial charge in [0.2, 0.25) is 5.91 Å². The molecule has 2 heterocycles. The molecular formula is C16H21ClN4O2. The van der Waals surface area contributed by atoms with E-state index >= 15 is 0 Å². The van der Waals surface area contributed by atoms with Crippen molar-refractivity contribution >= 4 is 29.2 Å². The fourth-order valence-corrected chi connectivity index (χ4v) is 3.12. The van der Waals surface area contributed by atoms with Gasteiger partial charge in [0, 0.05) is 50.0 Å². The predicted molar refractivity (Wildman–Crippen MR) is 89.8 cm³/mol. The summed E-state index contributed by atoms with van der Waals surface area (Å²) in [5.74, 6) is 0.0272. The number of likely N-dealkylation sites (N-methyl/N-ethyl adjacent to an activating group) is 1. The third-order valence-corrected chi connectivity index (χ3v) is 4.63. The van der Waals surface area contributed by atoms with E-state index in [2.05, 4.69) is 11.9 Å². The molecule has 0 bridgehead atoms. The Morgan fingerprint density at radius 2 is 1.87 bits per heavy atom. The summed E-state index contributed by atoms with van der Waals surface area (Å²) in [6.07, 6.45) is 0. The highest BCUT2D eigenvalue weighted by Crippen LogP contribution is 2.23. The minimum atomic E-state index is -0.130. The molecule has 3 amide bonds. The van der Waals surface area contributed by atoms with Crippen LogP contribution in [-0.2, 0) is 4.79 Å². The fraction of sp³-hybridized carbons (Fsp3) is 0.500. The zero-order valence-electron chi connectivity index (χ0n) is 13.2. The molecule has 7 heteroatoms. The molecule has 2 fully saturated rings. The third kappa shape index (κ3) is 3.59. The summed E-state index contributed by atoms with van der Waals surface area (Å²) < 4.78 is 0. The molecule has 2 aliphatic heterocycles. The number of amides is 3. The van der Waals surface area contributed by atoms with Gasteiger partial charge in [0.05, 0.1) is 0 Å². The lowest BCUT2D eigenvalue weighted by Crippen LogP contribution is -2.50. The molecule has 2 aliphatic rings. The van der Waals surface area contributed by atoms with Gasteiger partial charge in [-0.25, -0.2) is 4.79 Å². The van der Waals surface area contributed by atoms with Gasteiger partial charge in [0.1, 0.15) is 6.54 Å². The lowest BCUT2D eigenvalue weighted by Gasteiger charge is -2.33. The van der Waals surface area contributed by atoms with Crippen LogP contribution in [0.25, 0.3) is 0 Å². The van der Waals surface area contributed by atoms with Crippen molar-refractivity contribution in [1.82, 2.24) is 14.7 Å². The van der Waals surface area contributed by atoms with E-state index in [1.54, 1.807) is 21.9 Å². The number of piperazine rings is 1. The predicted octanol–water partition coefficient (Wildman–Crippen LogP) is 1.36. The minimum Gasteiger partial charge on any atom is -0.339 e. The van der Waals surface area contributed by atoms with Crippen molar-refractivity contribution in [2.45, 2.75) is 0 Å². The van der Waals surface area contributed by atoms with Gasteiger partial charge in [0.25, 0.3) is 0 Å². The molecule has 1 aromatic rings. The summed E-state index contributed by atoms with van der Waals surface area (Å²) >= 11 is 5.99. The molecule has 0 saturated carbocycles. The second kappa shape index (κ2) is 6.76. The number of carbonyl (C=O) groups excluding carboxylic acids is 2. The molecule has 0 unspecified atom stereocenters. The topological polar surface area (TPSA) is 47.1 Å². The highest BCUT2D eigenvalue weighted by atomic mass is 35.5. The number of halogens is 1. The van der Waals surface area contributed by atoms with Crippen LogP contribution in [0.4, 0.5) is 10.5 Å². The van der Waals surface area contributed by atoms with Crippen molar-refractivity contribution in [2.24, 2.45) is 0 Å². The first kappa shape index (κ1) is 16.1. The van der Waals surface area contributed by atoms with Crippen molar-refractivity contribution in [1.29, 1.82) is 0 Å². The van der Waals surface area contributed by atoms with Crippen LogP contribution in [0.3, 0.4) is 0 Å². The molecule has 2 saturated heterocycles. The first-order valence-corrected chi connectivity index (χ1v) is 8.21. The summed E-state index contributed by atoms with van der Waals surface area (Å²) in [6.45, 7) is 4.52. The molecule has 3 rings (SSSR count). The molecule has 0 radical (unpaired) electrons. The Kier molecular flexibility index (Phi) is 4.73. The second-order valence-corrected chi connectivity index (χ2v) is 6.46. The number of urea groups is 1. The average Bonchev–Trinajstić information content (AvgIpc) is 2.89. The van der Waals surface area contributed by atoms with Crippen LogP contribution < -0.4 is 4.90 Å². The maximum atomic E-state index is 12.5. The van der Waals surface area contributed by atoms with Crippen LogP contribution in [0.2, 0.25) is 5.02 Å². The molecule has 0 N–H and O–H groups in total. The van der Waals surface area contributed by atoms with Gasteiger partial charge < -0.3 is 14.7 Å². The second-order valence-electron chi connectivity index (χ2n) is 6.02. The first-order valence-electron chi connectivity index (χ1n) is 7.83. The Labute approximate surface area is 141 Å². The highest BCUT2D eigenvalue weighted by molar-refractivity contribution is 6.30. The Morgan fingerprint density at radius 3 is 2.57 bits per heavy atom. The summed E-state index contributed by atoms with van der Waals surface area (Å²) in [5.41, 5.74) is 0.775. The smallest absolute Gasteiger partial charge is 0.325 e. The number of anilines is 1. The molecule has 23 heavy (non-hydrogen) atoms. The van der Waals surface area contributed by atoms with Crippen molar-refractivity contribution in [3.8, 4) is 0 Å². The largest absolute Gasteiger partial charge is 0.339 e. The van der Waals surface area contributed by atoms with Crippen molar-refractivity contribution in [3.63, 3.8) is 0 Å². The van der Waals surface area contributed by atoms with Crippen LogP contribution >= 0.6 is 11.6 Å². The summed E-state index contributed by atoms with van der Waals surface area (Å²) in [6, 6.07) is 7.10. The maximum Gasteiger partial charge on any atom is 0.325 e. The van der Waals surface area contributed by atoms with Gasteiger partial charge >= 0.3 is 6.03 Å². The van der Waals surface area contributed by atoms with Crippen LogP contribution in [0, 0.1) is 0 Å². The number of benzene rings is 1. The maximum absolute atomic E-state index is 12.5. The SMILES string of the molecule is CN1CCN(C(=O)CN2CCN(c3cccc(Cl)c3)C2=O)CC1. The standard InChI is InChI=1S/C16H21ClN4O2/c1-18-5-7-19(8-6-18)15(22)12-20-9-10-21(16(20)23)14-4-2-3-13(17)11-14/h2-4,11H,5-10,12H2,1H3. The molecule has 124 valence electrons. The molecule has 1 aromatic carbocycles. The molecular weight excluding hydrogens is 316 g/mol. The number of hydrogen-bond donors (Lipinski definition) is 0. The monoisotopic (exact) mass is 336 g/mol. The lowest BCUT2D eigenvalue weighted by molar-refractivity contribution is -0.133. The highest BCUT2D eigenvalue weighted by Gasteiger charge is 2.32. The fourth-order valence-electron chi connectivity index (χ4n) is 2.93. The van der Waals surface area contributed by atoms with Gasteiger partial charge in [0.15, 0.2) is 0 Å². The molecule has 0 spiro atoms. The van der Waals surface area contributed by atoms with Crippen molar-refractivity contribution in [3.05, 3.63) is 29.3 Å². The third-order valence-electron chi connectivity index (χ3n) is 4.40. The molecule has 0 atom stereocenters. The van der Waals surface area contributed by atoms with E-state index in [0.29, 0.717) is 18.1 Å². The first-order chi connectivity index (χ1) is 11.0. The quantitative estimate of drug-likeness (QED) is 0.837. The number of hydrogen-bond acceptors (Lipinski definition) is 3. The van der Waals surface area contributed by atoms with Crippen LogP contribution in [0.5, 0.6) is 0 Å².